The summed E-state index contributed by atoms with van der Waals surface area (Å²) in [4.78, 5) is 0. The van der Waals surface area contributed by atoms with Crippen molar-refractivity contribution in [1.82, 2.24) is 4.31 Å². The van der Waals surface area contributed by atoms with Crippen LogP contribution in [0, 0.1) is 5.92 Å². The fraction of sp³-hybridized carbons (Fsp3) is 0.429. The lowest BCUT2D eigenvalue weighted by atomic mass is 9.72. The first kappa shape index (κ1) is 19.1. The van der Waals surface area contributed by atoms with E-state index < -0.39 is 20.9 Å². The minimum Gasteiger partial charge on any atom is -0.380 e. The Morgan fingerprint density at radius 2 is 1.35 bits per heavy atom. The highest BCUT2D eigenvalue weighted by molar-refractivity contribution is 7.89. The van der Waals surface area contributed by atoms with Crippen LogP contribution < -0.4 is 0 Å². The summed E-state index contributed by atoms with van der Waals surface area (Å²) < 4.78 is 26.5. The zero-order valence-corrected chi connectivity index (χ0v) is 16.2. The maximum Gasteiger partial charge on any atom is 0.216 e. The average Bonchev–Trinajstić information content (AvgIpc) is 2.68. The van der Waals surface area contributed by atoms with E-state index in [0.717, 1.165) is 11.1 Å². The Bertz CT molecular complexity index is 771. The van der Waals surface area contributed by atoms with Crippen LogP contribution in [-0.4, -0.2) is 36.2 Å². The van der Waals surface area contributed by atoms with Crippen LogP contribution in [0.5, 0.6) is 0 Å². The van der Waals surface area contributed by atoms with Gasteiger partial charge in [-0.3, -0.25) is 0 Å². The summed E-state index contributed by atoms with van der Waals surface area (Å²) in [5.74, 6) is -0.0362. The second-order valence-electron chi connectivity index (χ2n) is 7.27. The zero-order chi connectivity index (χ0) is 18.8. The van der Waals surface area contributed by atoms with Crippen LogP contribution in [0.25, 0.3) is 0 Å². The first-order valence-corrected chi connectivity index (χ1v) is 10.7. The third-order valence-corrected chi connectivity index (χ3v) is 7.70. The van der Waals surface area contributed by atoms with E-state index in [0.29, 0.717) is 25.9 Å². The molecule has 4 nitrogen and oxygen atoms in total. The van der Waals surface area contributed by atoms with E-state index in [9.17, 15) is 13.5 Å². The number of nitrogens with zero attached hydrogens (tertiary/aromatic N) is 1. The van der Waals surface area contributed by atoms with Crippen LogP contribution in [0.2, 0.25) is 0 Å². The molecule has 5 heteroatoms. The topological polar surface area (TPSA) is 57.6 Å². The van der Waals surface area contributed by atoms with Gasteiger partial charge in [0.1, 0.15) is 5.60 Å². The SMILES string of the molecule is CC(C)S(=O)(=O)N1CCC(C(O)(c2ccccc2)c2ccccc2)CC1. The number of sulfonamides is 1. The number of piperidine rings is 1. The molecule has 140 valence electrons. The molecule has 0 bridgehead atoms. The van der Waals surface area contributed by atoms with Gasteiger partial charge in [-0.05, 0) is 43.7 Å². The third kappa shape index (κ3) is 3.43. The fourth-order valence-corrected chi connectivity index (χ4v) is 5.16. The molecule has 2 aromatic carbocycles. The molecule has 26 heavy (non-hydrogen) atoms. The van der Waals surface area contributed by atoms with E-state index in [1.165, 1.54) is 0 Å². The van der Waals surface area contributed by atoms with E-state index in [-0.39, 0.29) is 5.92 Å². The molecule has 1 N–H and O–H groups in total. The second-order valence-corrected chi connectivity index (χ2v) is 9.75. The van der Waals surface area contributed by atoms with Gasteiger partial charge >= 0.3 is 0 Å². The first-order valence-electron chi connectivity index (χ1n) is 9.19. The molecular weight excluding hydrogens is 346 g/mol. The van der Waals surface area contributed by atoms with Gasteiger partial charge in [0.05, 0.1) is 5.25 Å². The zero-order valence-electron chi connectivity index (χ0n) is 15.4. The molecule has 1 aliphatic rings. The maximum atomic E-state index is 12.4. The van der Waals surface area contributed by atoms with Crippen LogP contribution in [0.4, 0.5) is 0 Å². The lowest BCUT2D eigenvalue weighted by molar-refractivity contribution is -0.00536. The summed E-state index contributed by atoms with van der Waals surface area (Å²) in [6.45, 7) is 4.33. The standard InChI is InChI=1S/C21H27NO3S/c1-17(2)26(24,25)22-15-13-20(14-16-22)21(23,18-9-5-3-6-10-18)19-11-7-4-8-12-19/h3-12,17,20,23H,13-16H2,1-2H3. The molecule has 0 unspecified atom stereocenters. The van der Waals surface area contributed by atoms with Gasteiger partial charge in [0.2, 0.25) is 10.0 Å². The molecule has 1 aliphatic heterocycles. The van der Waals surface area contributed by atoms with Crippen LogP contribution in [-0.2, 0) is 15.6 Å². The van der Waals surface area contributed by atoms with Crippen molar-refractivity contribution in [3.05, 3.63) is 71.8 Å². The molecule has 0 radical (unpaired) electrons. The summed E-state index contributed by atoms with van der Waals surface area (Å²) in [6, 6.07) is 19.4. The molecule has 1 saturated heterocycles. The van der Waals surface area contributed by atoms with Crippen molar-refractivity contribution in [3.63, 3.8) is 0 Å². The Morgan fingerprint density at radius 1 is 0.923 bits per heavy atom. The number of benzene rings is 2. The number of aliphatic hydroxyl groups is 1. The molecule has 0 amide bonds. The minimum absolute atomic E-state index is 0.0362. The van der Waals surface area contributed by atoms with E-state index in [1.807, 2.05) is 60.7 Å². The van der Waals surface area contributed by atoms with Crippen molar-refractivity contribution in [2.75, 3.05) is 13.1 Å². The normalized spacial score (nSPS) is 17.5. The lowest BCUT2D eigenvalue weighted by Crippen LogP contribution is -2.47. The molecule has 0 atom stereocenters. The monoisotopic (exact) mass is 373 g/mol. The minimum atomic E-state index is -3.25. The van der Waals surface area contributed by atoms with Crippen molar-refractivity contribution in [3.8, 4) is 0 Å². The molecule has 0 spiro atoms. The number of hydrogen-bond donors (Lipinski definition) is 1. The van der Waals surface area contributed by atoms with Crippen LogP contribution in [0.3, 0.4) is 0 Å². The van der Waals surface area contributed by atoms with E-state index >= 15 is 0 Å². The number of hydrogen-bond acceptors (Lipinski definition) is 3. The largest absolute Gasteiger partial charge is 0.380 e. The maximum absolute atomic E-state index is 12.4. The first-order chi connectivity index (χ1) is 12.4. The highest BCUT2D eigenvalue weighted by Gasteiger charge is 2.43. The summed E-state index contributed by atoms with van der Waals surface area (Å²) in [5, 5.41) is 11.4. The molecule has 0 saturated carbocycles. The Morgan fingerprint density at radius 3 is 1.73 bits per heavy atom. The lowest BCUT2D eigenvalue weighted by Gasteiger charge is -2.42. The molecule has 0 aliphatic carbocycles. The Kier molecular flexibility index (Phi) is 5.51. The van der Waals surface area contributed by atoms with Crippen LogP contribution >= 0.6 is 0 Å². The molecule has 1 heterocycles. The van der Waals surface area contributed by atoms with Gasteiger partial charge in [-0.25, -0.2) is 12.7 Å². The van der Waals surface area contributed by atoms with Crippen LogP contribution in [0.1, 0.15) is 37.8 Å². The molecular formula is C21H27NO3S. The van der Waals surface area contributed by atoms with Gasteiger partial charge in [-0.2, -0.15) is 0 Å². The van der Waals surface area contributed by atoms with E-state index in [2.05, 4.69) is 0 Å². The predicted molar refractivity (Wildman–Crippen MR) is 104 cm³/mol. The summed E-state index contributed by atoms with van der Waals surface area (Å²) in [6.07, 6.45) is 1.26. The molecule has 2 aromatic rings. The summed E-state index contributed by atoms with van der Waals surface area (Å²) in [7, 11) is -3.25. The van der Waals surface area contributed by atoms with Crippen molar-refractivity contribution < 1.29 is 13.5 Å². The fourth-order valence-electron chi connectivity index (χ4n) is 3.85. The predicted octanol–water partition coefficient (Wildman–Crippen LogP) is 3.37. The van der Waals surface area contributed by atoms with Gasteiger partial charge in [0.15, 0.2) is 0 Å². The van der Waals surface area contributed by atoms with Crippen molar-refractivity contribution in [2.45, 2.75) is 37.5 Å². The summed E-state index contributed by atoms with van der Waals surface area (Å²) in [5.41, 5.74) is 0.601. The van der Waals surface area contributed by atoms with Crippen LogP contribution in [0.15, 0.2) is 60.7 Å². The van der Waals surface area contributed by atoms with E-state index in [4.69, 9.17) is 0 Å². The van der Waals surface area contributed by atoms with Gasteiger partial charge in [-0.15, -0.1) is 0 Å². The molecule has 1 fully saturated rings. The summed E-state index contributed by atoms with van der Waals surface area (Å²) >= 11 is 0. The Labute approximate surface area is 156 Å². The molecule has 0 aromatic heterocycles. The smallest absolute Gasteiger partial charge is 0.216 e. The van der Waals surface area contributed by atoms with Crippen molar-refractivity contribution in [2.24, 2.45) is 5.92 Å². The average molecular weight is 374 g/mol. The highest BCUT2D eigenvalue weighted by Crippen LogP contribution is 2.42. The number of rotatable bonds is 5. The van der Waals surface area contributed by atoms with Gasteiger partial charge in [0, 0.05) is 13.1 Å². The Balaban J connectivity index is 1.91. The highest BCUT2D eigenvalue weighted by atomic mass is 32.2. The van der Waals surface area contributed by atoms with Gasteiger partial charge in [-0.1, -0.05) is 60.7 Å². The third-order valence-electron chi connectivity index (χ3n) is 5.43. The molecule has 3 rings (SSSR count). The quantitative estimate of drug-likeness (QED) is 0.874. The van der Waals surface area contributed by atoms with Gasteiger partial charge in [0.25, 0.3) is 0 Å². The van der Waals surface area contributed by atoms with Crippen molar-refractivity contribution >= 4 is 10.0 Å². The van der Waals surface area contributed by atoms with Crippen molar-refractivity contribution in [1.29, 1.82) is 0 Å². The van der Waals surface area contributed by atoms with E-state index in [1.54, 1.807) is 18.2 Å². The Hall–Kier alpha value is -1.69. The second kappa shape index (κ2) is 7.51. The van der Waals surface area contributed by atoms with Gasteiger partial charge < -0.3 is 5.11 Å².